The van der Waals surface area contributed by atoms with Crippen LogP contribution < -0.4 is 0 Å². The van der Waals surface area contributed by atoms with E-state index in [0.29, 0.717) is 6.61 Å². The summed E-state index contributed by atoms with van der Waals surface area (Å²) in [7, 11) is 0. The molecule has 0 amide bonds. The third-order valence-electron chi connectivity index (χ3n) is 3.16. The van der Waals surface area contributed by atoms with Gasteiger partial charge in [0.25, 0.3) is 0 Å². The van der Waals surface area contributed by atoms with Gasteiger partial charge >= 0.3 is 0 Å². The van der Waals surface area contributed by atoms with E-state index < -0.39 is 0 Å². The zero-order valence-corrected chi connectivity index (χ0v) is 11.1. The summed E-state index contributed by atoms with van der Waals surface area (Å²) < 4.78 is 5.97. The van der Waals surface area contributed by atoms with E-state index in [9.17, 15) is 0 Å². The van der Waals surface area contributed by atoms with Crippen LogP contribution in [-0.2, 0) is 11.3 Å². The van der Waals surface area contributed by atoms with E-state index in [1.54, 1.807) is 0 Å². The van der Waals surface area contributed by atoms with Crippen molar-refractivity contribution in [2.24, 2.45) is 0 Å². The molecule has 0 spiro atoms. The lowest BCUT2D eigenvalue weighted by atomic mass is 10.2. The molecule has 2 rings (SSSR count). The first-order chi connectivity index (χ1) is 8.27. The molecule has 0 saturated carbocycles. The summed E-state index contributed by atoms with van der Waals surface area (Å²) in [6.07, 6.45) is 2.56. The quantitative estimate of drug-likeness (QED) is 0.747. The summed E-state index contributed by atoms with van der Waals surface area (Å²) in [5.41, 5.74) is 1.20. The normalized spacial score (nSPS) is 20.4. The van der Waals surface area contributed by atoms with E-state index in [4.69, 9.17) is 16.3 Å². The molecule has 1 aromatic rings. The Kier molecular flexibility index (Phi) is 4.84. The van der Waals surface area contributed by atoms with Gasteiger partial charge in [-0.1, -0.05) is 30.3 Å². The van der Waals surface area contributed by atoms with E-state index in [-0.39, 0.29) is 11.6 Å². The first-order valence-electron chi connectivity index (χ1n) is 6.31. The summed E-state index contributed by atoms with van der Waals surface area (Å²) in [5.74, 6) is 0. The minimum atomic E-state index is 0.0248. The van der Waals surface area contributed by atoms with Crippen molar-refractivity contribution in [3.63, 3.8) is 0 Å². The maximum absolute atomic E-state index is 6.22. The van der Waals surface area contributed by atoms with Crippen molar-refractivity contribution in [3.8, 4) is 0 Å². The van der Waals surface area contributed by atoms with Crippen LogP contribution in [-0.4, -0.2) is 29.6 Å². The predicted octanol–water partition coefficient (Wildman–Crippen LogP) is 3.25. The van der Waals surface area contributed by atoms with Gasteiger partial charge < -0.3 is 4.74 Å². The summed E-state index contributed by atoms with van der Waals surface area (Å²) in [6, 6.07) is 10.3. The highest BCUT2D eigenvalue weighted by molar-refractivity contribution is 6.20. The molecular formula is C14H20ClNO. The Morgan fingerprint density at radius 1 is 1.24 bits per heavy atom. The van der Waals surface area contributed by atoms with Gasteiger partial charge in [0.15, 0.2) is 0 Å². The van der Waals surface area contributed by atoms with E-state index in [2.05, 4.69) is 17.0 Å². The fourth-order valence-corrected chi connectivity index (χ4v) is 2.51. The number of hydrogen-bond donors (Lipinski definition) is 0. The van der Waals surface area contributed by atoms with Gasteiger partial charge in [0.05, 0.1) is 12.0 Å². The molecule has 2 unspecified atom stereocenters. The smallest absolute Gasteiger partial charge is 0.127 e. The van der Waals surface area contributed by atoms with E-state index in [1.807, 2.05) is 25.1 Å². The molecule has 17 heavy (non-hydrogen) atoms. The van der Waals surface area contributed by atoms with Crippen LogP contribution in [0.15, 0.2) is 30.3 Å². The zero-order chi connectivity index (χ0) is 12.1. The van der Waals surface area contributed by atoms with Crippen LogP contribution in [0.1, 0.15) is 25.3 Å². The Balaban J connectivity index is 1.89. The van der Waals surface area contributed by atoms with Gasteiger partial charge in [0.2, 0.25) is 0 Å². The van der Waals surface area contributed by atoms with E-state index in [0.717, 1.165) is 13.1 Å². The third kappa shape index (κ3) is 3.70. The van der Waals surface area contributed by atoms with Crippen LogP contribution in [0.3, 0.4) is 0 Å². The van der Waals surface area contributed by atoms with Crippen molar-refractivity contribution >= 4 is 11.6 Å². The monoisotopic (exact) mass is 253 g/mol. The van der Waals surface area contributed by atoms with Crippen LogP contribution >= 0.6 is 11.6 Å². The number of nitrogens with zero attached hydrogens (tertiary/aromatic N) is 1. The zero-order valence-electron chi connectivity index (χ0n) is 10.3. The highest BCUT2D eigenvalue weighted by atomic mass is 35.5. The molecule has 3 heteroatoms. The van der Waals surface area contributed by atoms with Crippen LogP contribution in [0.5, 0.6) is 0 Å². The molecule has 1 aromatic carbocycles. The summed E-state index contributed by atoms with van der Waals surface area (Å²) >= 11 is 6.22. The molecule has 1 aliphatic heterocycles. The second kappa shape index (κ2) is 6.39. The Morgan fingerprint density at radius 2 is 1.88 bits per heavy atom. The number of halogens is 1. The molecule has 0 radical (unpaired) electrons. The number of likely N-dealkylation sites (tertiary alicyclic amines) is 1. The van der Waals surface area contributed by atoms with Crippen LogP contribution in [0.4, 0.5) is 0 Å². The highest BCUT2D eigenvalue weighted by Crippen LogP contribution is 2.19. The van der Waals surface area contributed by atoms with Crippen LogP contribution in [0, 0.1) is 0 Å². The number of alkyl halides is 1. The highest BCUT2D eigenvalue weighted by Gasteiger charge is 2.26. The molecule has 2 atom stereocenters. The van der Waals surface area contributed by atoms with Crippen molar-refractivity contribution in [1.82, 2.24) is 4.90 Å². The molecule has 0 aromatic heterocycles. The minimum Gasteiger partial charge on any atom is -0.357 e. The molecular weight excluding hydrogens is 234 g/mol. The minimum absolute atomic E-state index is 0.0248. The lowest BCUT2D eigenvalue weighted by molar-refractivity contribution is -0.0578. The van der Waals surface area contributed by atoms with Gasteiger partial charge in [-0.25, -0.2) is 0 Å². The topological polar surface area (TPSA) is 12.5 Å². The molecule has 1 aliphatic rings. The maximum Gasteiger partial charge on any atom is 0.127 e. The second-order valence-corrected chi connectivity index (χ2v) is 5.30. The van der Waals surface area contributed by atoms with Crippen molar-refractivity contribution in [3.05, 3.63) is 35.9 Å². The van der Waals surface area contributed by atoms with Gasteiger partial charge in [-0.2, -0.15) is 0 Å². The van der Waals surface area contributed by atoms with Crippen LogP contribution in [0.2, 0.25) is 0 Å². The maximum atomic E-state index is 6.22. The fraction of sp³-hybridized carbons (Fsp3) is 0.571. The molecule has 94 valence electrons. The molecule has 1 heterocycles. The van der Waals surface area contributed by atoms with E-state index >= 15 is 0 Å². The van der Waals surface area contributed by atoms with E-state index in [1.165, 1.54) is 18.4 Å². The van der Waals surface area contributed by atoms with Gasteiger partial charge in [-0.05, 0) is 25.3 Å². The third-order valence-corrected chi connectivity index (χ3v) is 3.37. The number of benzene rings is 1. The van der Waals surface area contributed by atoms with Crippen molar-refractivity contribution in [1.29, 1.82) is 0 Å². The number of ether oxygens (including phenoxy) is 1. The first kappa shape index (κ1) is 12.9. The summed E-state index contributed by atoms with van der Waals surface area (Å²) in [4.78, 5) is 2.35. The lowest BCUT2D eigenvalue weighted by Crippen LogP contribution is -2.40. The molecule has 0 aliphatic carbocycles. The standard InChI is InChI=1S/C14H20ClNO/c1-12(15)14(16-9-5-6-10-16)17-11-13-7-3-2-4-8-13/h2-4,7-8,12,14H,5-6,9-11H2,1H3. The van der Waals surface area contributed by atoms with Gasteiger partial charge in [0, 0.05) is 13.1 Å². The summed E-state index contributed by atoms with van der Waals surface area (Å²) in [5, 5.41) is 0.0248. The molecule has 1 fully saturated rings. The average Bonchev–Trinajstić information content (AvgIpc) is 2.84. The average molecular weight is 254 g/mol. The Morgan fingerprint density at radius 3 is 2.47 bits per heavy atom. The molecule has 2 nitrogen and oxygen atoms in total. The van der Waals surface area contributed by atoms with Gasteiger partial charge in [0.1, 0.15) is 6.23 Å². The second-order valence-electron chi connectivity index (χ2n) is 4.61. The summed E-state index contributed by atoms with van der Waals surface area (Å²) in [6.45, 7) is 4.86. The largest absolute Gasteiger partial charge is 0.357 e. The Labute approximate surface area is 109 Å². The fourth-order valence-electron chi connectivity index (χ4n) is 2.28. The van der Waals surface area contributed by atoms with Crippen molar-refractivity contribution in [2.75, 3.05) is 13.1 Å². The SMILES string of the molecule is CC(Cl)C(OCc1ccccc1)N1CCCC1. The Hall–Kier alpha value is -0.570. The van der Waals surface area contributed by atoms with Gasteiger partial charge in [-0.3, -0.25) is 4.90 Å². The van der Waals surface area contributed by atoms with Crippen molar-refractivity contribution in [2.45, 2.75) is 38.0 Å². The number of hydrogen-bond acceptors (Lipinski definition) is 2. The number of rotatable bonds is 5. The van der Waals surface area contributed by atoms with Crippen molar-refractivity contribution < 1.29 is 4.74 Å². The molecule has 0 N–H and O–H groups in total. The molecule has 0 bridgehead atoms. The Bertz CT molecular complexity index is 322. The lowest BCUT2D eigenvalue weighted by Gasteiger charge is -2.29. The molecule has 1 saturated heterocycles. The predicted molar refractivity (Wildman–Crippen MR) is 71.1 cm³/mol. The first-order valence-corrected chi connectivity index (χ1v) is 6.74. The van der Waals surface area contributed by atoms with Gasteiger partial charge in [-0.15, -0.1) is 11.6 Å². The van der Waals surface area contributed by atoms with Crippen LogP contribution in [0.25, 0.3) is 0 Å².